The molecule has 6 rings (SSSR count). The number of nitrogens with zero attached hydrogens (tertiary/aromatic N) is 3. The first-order valence-electron chi connectivity index (χ1n) is 16.4. The number of methoxy groups -OCH3 is 1. The highest BCUT2D eigenvalue weighted by Gasteiger charge is 2.48. The molecule has 2 heterocycles. The van der Waals surface area contributed by atoms with Crippen LogP contribution in [0.1, 0.15) is 52.2 Å². The molecular weight excluding hydrogens is 680 g/mol. The molecule has 3 atom stereocenters. The van der Waals surface area contributed by atoms with Crippen LogP contribution in [0.4, 0.5) is 10.5 Å². The number of carbonyl (C=O) groups is 4. The lowest BCUT2D eigenvalue weighted by molar-refractivity contribution is -0.140. The van der Waals surface area contributed by atoms with Crippen LogP contribution in [0.5, 0.6) is 11.5 Å². The lowest BCUT2D eigenvalue weighted by Gasteiger charge is -2.29. The Balaban J connectivity index is 1.15. The molecule has 0 bridgehead atoms. The van der Waals surface area contributed by atoms with Crippen LogP contribution in [0, 0.1) is 12.8 Å². The van der Waals surface area contributed by atoms with Gasteiger partial charge in [0.15, 0.2) is 0 Å². The maximum atomic E-state index is 13.3. The molecule has 0 saturated heterocycles. The number of hydrogen-bond donors (Lipinski definition) is 3. The number of benzene rings is 3. The van der Waals surface area contributed by atoms with Crippen molar-refractivity contribution >= 4 is 41.2 Å². The van der Waals surface area contributed by atoms with E-state index in [1.807, 2.05) is 37.4 Å². The zero-order chi connectivity index (χ0) is 36.2. The van der Waals surface area contributed by atoms with E-state index in [0.29, 0.717) is 40.5 Å². The number of aliphatic carboxylic acids is 2. The second-order valence-electron chi connectivity index (χ2n) is 12.5. The largest absolute Gasteiger partial charge is 0.496 e. The van der Waals surface area contributed by atoms with Crippen LogP contribution < -0.4 is 19.7 Å². The number of aromatic nitrogens is 2. The fourth-order valence-electron chi connectivity index (χ4n) is 6.41. The quantitative estimate of drug-likeness (QED) is 0.137. The van der Waals surface area contributed by atoms with Crippen molar-refractivity contribution in [1.29, 1.82) is 0 Å². The van der Waals surface area contributed by atoms with Gasteiger partial charge in [0.2, 0.25) is 0 Å². The molecule has 13 nitrogen and oxygen atoms in total. The van der Waals surface area contributed by atoms with Crippen molar-refractivity contribution in [3.05, 3.63) is 94.3 Å². The van der Waals surface area contributed by atoms with E-state index in [9.17, 15) is 24.3 Å². The fourth-order valence-corrected chi connectivity index (χ4v) is 6.58. The van der Waals surface area contributed by atoms with Gasteiger partial charge in [-0.2, -0.15) is 5.10 Å². The van der Waals surface area contributed by atoms with Gasteiger partial charge in [-0.05, 0) is 79.1 Å². The Bertz CT molecular complexity index is 1980. The average molecular weight is 717 g/mol. The highest BCUT2D eigenvalue weighted by atomic mass is 35.5. The first kappa shape index (κ1) is 35.3. The van der Waals surface area contributed by atoms with Crippen LogP contribution in [-0.2, 0) is 20.9 Å². The molecule has 1 fully saturated rings. The van der Waals surface area contributed by atoms with Gasteiger partial charge >= 0.3 is 18.0 Å². The van der Waals surface area contributed by atoms with Gasteiger partial charge in [0.1, 0.15) is 30.8 Å². The number of ether oxygens (including phenoxy) is 3. The van der Waals surface area contributed by atoms with E-state index >= 15 is 0 Å². The number of amides is 2. The molecule has 0 radical (unpaired) electrons. The summed E-state index contributed by atoms with van der Waals surface area (Å²) in [6.07, 6.45) is 3.51. The van der Waals surface area contributed by atoms with E-state index in [1.54, 1.807) is 40.0 Å². The number of fused-ring (bicyclic) bond motifs is 3. The number of carboxylic acids is 2. The summed E-state index contributed by atoms with van der Waals surface area (Å²) in [5, 5.41) is 26.0. The topological polar surface area (TPSA) is 170 Å². The molecule has 1 unspecified atom stereocenters. The lowest BCUT2D eigenvalue weighted by Crippen LogP contribution is -2.41. The van der Waals surface area contributed by atoms with Crippen molar-refractivity contribution in [2.45, 2.75) is 44.7 Å². The van der Waals surface area contributed by atoms with Crippen LogP contribution in [0.15, 0.2) is 67.0 Å². The third kappa shape index (κ3) is 7.93. The molecule has 2 amide bonds. The van der Waals surface area contributed by atoms with E-state index in [-0.39, 0.29) is 31.7 Å². The second kappa shape index (κ2) is 15.1. The van der Waals surface area contributed by atoms with Crippen LogP contribution in [0.2, 0.25) is 5.02 Å². The summed E-state index contributed by atoms with van der Waals surface area (Å²) in [7, 11) is 1.51. The molecule has 1 aliphatic heterocycles. The standard InChI is InChI=1S/C37H37ClN4O9/c1-21-28(38)6-4-8-31(21)50-13-14-51-37(48)42-20-23-16-27(23)34-26(5-3-7-30(34)42)25-17-39-41(19-25)18-24-15-22(9-11-32(24)49-2)35(45)40-29(36(46)47)10-12-33(43)44/h3-9,11,15,17,19,23,27,29H,10,12-14,16,18,20H2,1-2H3,(H,40,45)(H,43,44)(H,46,47)/t23-,27-,29?/m0/s1. The van der Waals surface area contributed by atoms with Gasteiger partial charge in [0.25, 0.3) is 5.91 Å². The fraction of sp³-hybridized carbons (Fsp3) is 0.324. The van der Waals surface area contributed by atoms with Gasteiger partial charge in [-0.3, -0.25) is 19.2 Å². The lowest BCUT2D eigenvalue weighted by atomic mass is 9.93. The van der Waals surface area contributed by atoms with Gasteiger partial charge in [-0.1, -0.05) is 29.8 Å². The van der Waals surface area contributed by atoms with Gasteiger partial charge in [-0.15, -0.1) is 0 Å². The summed E-state index contributed by atoms with van der Waals surface area (Å²) in [4.78, 5) is 50.5. The Morgan fingerprint density at radius 1 is 1.06 bits per heavy atom. The molecule has 1 aliphatic carbocycles. The predicted octanol–water partition coefficient (Wildman–Crippen LogP) is 5.76. The number of halogens is 1. The molecule has 4 aromatic rings. The summed E-state index contributed by atoms with van der Waals surface area (Å²) >= 11 is 6.18. The van der Waals surface area contributed by atoms with Crippen molar-refractivity contribution in [3.63, 3.8) is 0 Å². The highest BCUT2D eigenvalue weighted by molar-refractivity contribution is 6.31. The molecule has 3 aromatic carbocycles. The van der Waals surface area contributed by atoms with Gasteiger partial charge in [0.05, 0.1) is 25.5 Å². The SMILES string of the molecule is COc1ccc(C(=O)NC(CCC(=O)O)C(=O)O)cc1Cn1cc(-c2cccc3c2[C@H]2C[C@H]2CN3C(=O)OCCOc2cccc(Cl)c2C)cn1. The van der Waals surface area contributed by atoms with E-state index in [2.05, 4.69) is 10.4 Å². The molecule has 1 saturated carbocycles. The van der Waals surface area contributed by atoms with Crippen LogP contribution in [0.3, 0.4) is 0 Å². The van der Waals surface area contributed by atoms with Crippen molar-refractivity contribution in [2.24, 2.45) is 5.92 Å². The molecule has 266 valence electrons. The van der Waals surface area contributed by atoms with E-state index in [1.165, 1.54) is 13.2 Å². The third-order valence-electron chi connectivity index (χ3n) is 9.16. The van der Waals surface area contributed by atoms with Crippen LogP contribution in [-0.4, -0.2) is 76.8 Å². The number of nitrogens with one attached hydrogen (secondary N) is 1. The van der Waals surface area contributed by atoms with E-state index in [0.717, 1.165) is 34.4 Å². The number of hydrogen-bond acceptors (Lipinski definition) is 8. The number of rotatable bonds is 14. The minimum Gasteiger partial charge on any atom is -0.496 e. The zero-order valence-corrected chi connectivity index (χ0v) is 28.8. The van der Waals surface area contributed by atoms with Gasteiger partial charge in [0, 0.05) is 46.4 Å². The Kier molecular flexibility index (Phi) is 10.5. The number of carbonyl (C=O) groups excluding carboxylic acids is 2. The Morgan fingerprint density at radius 2 is 1.86 bits per heavy atom. The van der Waals surface area contributed by atoms with Crippen LogP contribution in [0.25, 0.3) is 11.1 Å². The third-order valence-corrected chi connectivity index (χ3v) is 9.57. The van der Waals surface area contributed by atoms with E-state index in [4.69, 9.17) is 30.9 Å². The monoisotopic (exact) mass is 716 g/mol. The van der Waals surface area contributed by atoms with E-state index < -0.39 is 36.4 Å². The molecule has 2 aliphatic rings. The molecule has 1 aromatic heterocycles. The van der Waals surface area contributed by atoms with Crippen LogP contribution >= 0.6 is 11.6 Å². The average Bonchev–Trinajstić information content (AvgIpc) is 3.76. The smallest absolute Gasteiger partial charge is 0.414 e. The summed E-state index contributed by atoms with van der Waals surface area (Å²) in [5.74, 6) is -1.34. The zero-order valence-electron chi connectivity index (χ0n) is 28.0. The first-order chi connectivity index (χ1) is 24.5. The molecular formula is C37H37ClN4O9. The van der Waals surface area contributed by atoms with Crippen molar-refractivity contribution in [2.75, 3.05) is 31.8 Å². The number of carboxylic acid groups (broad SMARTS) is 2. The number of anilines is 1. The normalized spacial score (nSPS) is 16.3. The highest BCUT2D eigenvalue weighted by Crippen LogP contribution is 2.57. The second-order valence-corrected chi connectivity index (χ2v) is 12.9. The summed E-state index contributed by atoms with van der Waals surface area (Å²) in [6.45, 7) is 2.94. The van der Waals surface area contributed by atoms with Gasteiger partial charge in [-0.25, -0.2) is 9.59 Å². The Morgan fingerprint density at radius 3 is 2.63 bits per heavy atom. The van der Waals surface area contributed by atoms with Crippen molar-refractivity contribution in [3.8, 4) is 22.6 Å². The van der Waals surface area contributed by atoms with Crippen molar-refractivity contribution in [1.82, 2.24) is 15.1 Å². The maximum absolute atomic E-state index is 13.3. The first-order valence-corrected chi connectivity index (χ1v) is 16.8. The predicted molar refractivity (Wildman–Crippen MR) is 187 cm³/mol. The maximum Gasteiger partial charge on any atom is 0.414 e. The molecule has 3 N–H and O–H groups in total. The molecule has 0 spiro atoms. The molecule has 14 heteroatoms. The Hall–Kier alpha value is -5.56. The summed E-state index contributed by atoms with van der Waals surface area (Å²) in [5.41, 5.74) is 5.33. The minimum absolute atomic E-state index is 0.0777. The van der Waals surface area contributed by atoms with Crippen molar-refractivity contribution < 1.29 is 43.6 Å². The minimum atomic E-state index is -1.36. The summed E-state index contributed by atoms with van der Waals surface area (Å²) in [6, 6.07) is 14.6. The van der Waals surface area contributed by atoms with Gasteiger partial charge < -0.3 is 29.7 Å². The molecule has 51 heavy (non-hydrogen) atoms. The summed E-state index contributed by atoms with van der Waals surface area (Å²) < 4.78 is 18.7. The Labute approximate surface area is 298 Å².